The van der Waals surface area contributed by atoms with Crippen LogP contribution in [0.15, 0.2) is 79.0 Å². The number of nitrogens with two attached hydrogens (primary N) is 1. The lowest BCUT2D eigenvalue weighted by molar-refractivity contribution is 1.07. The van der Waals surface area contributed by atoms with Crippen LogP contribution in [0, 0.1) is 6.92 Å². The quantitative estimate of drug-likeness (QED) is 0.370. The minimum Gasteiger partial charge on any atom is -0.383 e. The molecule has 0 radical (unpaired) electrons. The average molecular weight is 426 g/mol. The standard InChI is InChI=1S/C25H20ClN5/c1-16-4-8-18(9-5-16)21-12-13-22-25(29-21)31(19-10-6-17(15-26)7-11-19)24(30-22)20-3-2-14-28-23(20)27/h2-14H,15H2,1H3,(H2,27,28). The van der Waals surface area contributed by atoms with Gasteiger partial charge in [0.05, 0.1) is 11.3 Å². The van der Waals surface area contributed by atoms with Crippen molar-refractivity contribution in [3.63, 3.8) is 0 Å². The van der Waals surface area contributed by atoms with Crippen molar-refractivity contribution < 1.29 is 0 Å². The molecule has 0 amide bonds. The number of hydrogen-bond donors (Lipinski definition) is 1. The van der Waals surface area contributed by atoms with E-state index in [-0.39, 0.29) is 0 Å². The Morgan fingerprint density at radius 3 is 2.39 bits per heavy atom. The van der Waals surface area contributed by atoms with Crippen molar-refractivity contribution in [2.45, 2.75) is 12.8 Å². The van der Waals surface area contributed by atoms with Gasteiger partial charge in [0.2, 0.25) is 0 Å². The molecule has 0 bridgehead atoms. The number of imidazole rings is 1. The van der Waals surface area contributed by atoms with E-state index >= 15 is 0 Å². The van der Waals surface area contributed by atoms with Gasteiger partial charge in [-0.2, -0.15) is 0 Å². The highest BCUT2D eigenvalue weighted by Gasteiger charge is 2.18. The molecule has 2 N–H and O–H groups in total. The first-order chi connectivity index (χ1) is 15.1. The van der Waals surface area contributed by atoms with Crippen molar-refractivity contribution in [3.05, 3.63) is 90.1 Å². The fourth-order valence-corrected chi connectivity index (χ4v) is 3.79. The van der Waals surface area contributed by atoms with Gasteiger partial charge in [0.25, 0.3) is 0 Å². The van der Waals surface area contributed by atoms with Crippen molar-refractivity contribution in [3.8, 4) is 28.3 Å². The Morgan fingerprint density at radius 2 is 1.68 bits per heavy atom. The zero-order chi connectivity index (χ0) is 21.4. The second-order valence-corrected chi connectivity index (χ2v) is 7.68. The van der Waals surface area contributed by atoms with Gasteiger partial charge < -0.3 is 5.73 Å². The molecular weight excluding hydrogens is 406 g/mol. The van der Waals surface area contributed by atoms with Crippen LogP contribution in [-0.2, 0) is 5.88 Å². The third-order valence-corrected chi connectivity index (χ3v) is 5.59. The summed E-state index contributed by atoms with van der Waals surface area (Å²) in [5.74, 6) is 1.59. The average Bonchev–Trinajstić information content (AvgIpc) is 3.18. The van der Waals surface area contributed by atoms with Crippen LogP contribution in [0.2, 0.25) is 0 Å². The van der Waals surface area contributed by atoms with Crippen LogP contribution in [0.3, 0.4) is 0 Å². The van der Waals surface area contributed by atoms with E-state index < -0.39 is 0 Å². The molecule has 5 rings (SSSR count). The second-order valence-electron chi connectivity index (χ2n) is 7.41. The molecule has 0 aliphatic rings. The Balaban J connectivity index is 1.77. The van der Waals surface area contributed by atoms with Crippen LogP contribution in [0.5, 0.6) is 0 Å². The molecule has 0 fully saturated rings. The van der Waals surface area contributed by atoms with Gasteiger partial charge in [0, 0.05) is 23.3 Å². The summed E-state index contributed by atoms with van der Waals surface area (Å²) in [5.41, 5.74) is 13.6. The molecule has 3 heterocycles. The normalized spacial score (nSPS) is 11.2. The Hall–Kier alpha value is -3.70. The molecule has 5 nitrogen and oxygen atoms in total. The smallest absolute Gasteiger partial charge is 0.165 e. The first-order valence-corrected chi connectivity index (χ1v) is 10.5. The molecule has 0 saturated heterocycles. The summed E-state index contributed by atoms with van der Waals surface area (Å²) in [5, 5.41) is 0. The third kappa shape index (κ3) is 3.53. The zero-order valence-corrected chi connectivity index (χ0v) is 17.7. The lowest BCUT2D eigenvalue weighted by Crippen LogP contribution is -2.02. The van der Waals surface area contributed by atoms with E-state index in [1.165, 1.54) is 5.56 Å². The summed E-state index contributed by atoms with van der Waals surface area (Å²) in [7, 11) is 0. The summed E-state index contributed by atoms with van der Waals surface area (Å²) in [6, 6.07) is 24.2. The molecule has 0 aliphatic heterocycles. The summed E-state index contributed by atoms with van der Waals surface area (Å²) in [6.07, 6.45) is 1.68. The molecule has 6 heteroatoms. The molecule has 0 aliphatic carbocycles. The summed E-state index contributed by atoms with van der Waals surface area (Å²) in [6.45, 7) is 2.07. The largest absolute Gasteiger partial charge is 0.383 e. The number of hydrogen-bond acceptors (Lipinski definition) is 4. The predicted octanol–water partition coefficient (Wildman–Crippen LogP) is 5.78. The van der Waals surface area contributed by atoms with Crippen LogP contribution in [-0.4, -0.2) is 19.5 Å². The van der Waals surface area contributed by atoms with Gasteiger partial charge in [-0.15, -0.1) is 11.6 Å². The fraction of sp³-hybridized carbons (Fsp3) is 0.0800. The topological polar surface area (TPSA) is 69.6 Å². The van der Waals surface area contributed by atoms with Crippen LogP contribution in [0.1, 0.15) is 11.1 Å². The number of fused-ring (bicyclic) bond motifs is 1. The zero-order valence-electron chi connectivity index (χ0n) is 17.0. The van der Waals surface area contributed by atoms with Gasteiger partial charge in [-0.25, -0.2) is 15.0 Å². The maximum Gasteiger partial charge on any atom is 0.165 e. The number of benzene rings is 2. The van der Waals surface area contributed by atoms with Crippen LogP contribution in [0.25, 0.3) is 39.5 Å². The number of anilines is 1. The van der Waals surface area contributed by atoms with E-state index in [1.54, 1.807) is 6.20 Å². The highest BCUT2D eigenvalue weighted by atomic mass is 35.5. The Labute approximate surface area is 185 Å². The number of nitrogen functional groups attached to an aromatic ring is 1. The second kappa shape index (κ2) is 7.85. The number of pyridine rings is 2. The van der Waals surface area contributed by atoms with Crippen molar-refractivity contribution in [1.82, 2.24) is 19.5 Å². The summed E-state index contributed by atoms with van der Waals surface area (Å²) >= 11 is 5.99. The molecule has 152 valence electrons. The minimum absolute atomic E-state index is 0.426. The maximum absolute atomic E-state index is 6.20. The van der Waals surface area contributed by atoms with E-state index in [0.717, 1.165) is 39.2 Å². The number of nitrogens with zero attached hydrogens (tertiary/aromatic N) is 4. The molecule has 0 saturated carbocycles. The molecule has 0 spiro atoms. The van der Waals surface area contributed by atoms with E-state index in [4.69, 9.17) is 27.3 Å². The number of alkyl halides is 1. The number of aromatic nitrogens is 4. The predicted molar refractivity (Wildman–Crippen MR) is 126 cm³/mol. The van der Waals surface area contributed by atoms with Gasteiger partial charge in [-0.05, 0) is 48.9 Å². The van der Waals surface area contributed by atoms with Crippen molar-refractivity contribution in [1.29, 1.82) is 0 Å². The Morgan fingerprint density at radius 1 is 0.903 bits per heavy atom. The van der Waals surface area contributed by atoms with Crippen LogP contribution >= 0.6 is 11.6 Å². The first kappa shape index (κ1) is 19.3. The molecule has 2 aromatic carbocycles. The molecular formula is C25H20ClN5. The maximum atomic E-state index is 6.20. The Bertz CT molecular complexity index is 1370. The highest BCUT2D eigenvalue weighted by molar-refractivity contribution is 6.17. The molecule has 3 aromatic heterocycles. The van der Waals surface area contributed by atoms with E-state index in [9.17, 15) is 0 Å². The number of halogens is 1. The molecule has 0 atom stereocenters. The molecule has 31 heavy (non-hydrogen) atoms. The van der Waals surface area contributed by atoms with Crippen molar-refractivity contribution in [2.75, 3.05) is 5.73 Å². The first-order valence-electron chi connectivity index (χ1n) is 9.97. The molecule has 5 aromatic rings. The Kier molecular flexibility index (Phi) is 4.88. The fourth-order valence-electron chi connectivity index (χ4n) is 3.61. The van der Waals surface area contributed by atoms with Gasteiger partial charge >= 0.3 is 0 Å². The van der Waals surface area contributed by atoms with E-state index in [1.807, 2.05) is 53.1 Å². The minimum atomic E-state index is 0.426. The monoisotopic (exact) mass is 425 g/mol. The van der Waals surface area contributed by atoms with Crippen LogP contribution < -0.4 is 5.73 Å². The lowest BCUT2D eigenvalue weighted by atomic mass is 10.1. The van der Waals surface area contributed by atoms with Crippen LogP contribution in [0.4, 0.5) is 5.82 Å². The van der Waals surface area contributed by atoms with Crippen molar-refractivity contribution >= 4 is 28.6 Å². The van der Waals surface area contributed by atoms with Gasteiger partial charge in [-0.3, -0.25) is 4.57 Å². The number of aryl methyl sites for hydroxylation is 1. The van der Waals surface area contributed by atoms with Gasteiger partial charge in [0.15, 0.2) is 11.5 Å². The highest BCUT2D eigenvalue weighted by Crippen LogP contribution is 2.31. The SMILES string of the molecule is Cc1ccc(-c2ccc3nc(-c4cccnc4N)n(-c4ccc(CCl)cc4)c3n2)cc1. The van der Waals surface area contributed by atoms with Gasteiger partial charge in [0.1, 0.15) is 11.3 Å². The lowest BCUT2D eigenvalue weighted by Gasteiger charge is -2.11. The van der Waals surface area contributed by atoms with Crippen molar-refractivity contribution in [2.24, 2.45) is 0 Å². The summed E-state index contributed by atoms with van der Waals surface area (Å²) in [4.78, 5) is 14.1. The third-order valence-electron chi connectivity index (χ3n) is 5.28. The van der Waals surface area contributed by atoms with E-state index in [0.29, 0.717) is 17.5 Å². The molecule has 0 unspecified atom stereocenters. The number of rotatable bonds is 4. The van der Waals surface area contributed by atoms with Gasteiger partial charge in [-0.1, -0.05) is 42.0 Å². The summed E-state index contributed by atoms with van der Waals surface area (Å²) < 4.78 is 2.03. The van der Waals surface area contributed by atoms with E-state index in [2.05, 4.69) is 36.2 Å².